The van der Waals surface area contributed by atoms with Crippen LogP contribution in [0.5, 0.6) is 0 Å². The molecule has 1 aromatic heterocycles. The average molecular weight is 452 g/mol. The third kappa shape index (κ3) is 3.48. The summed E-state index contributed by atoms with van der Waals surface area (Å²) in [5.41, 5.74) is 1.52. The predicted molar refractivity (Wildman–Crippen MR) is 100 cm³/mol. The molecule has 0 saturated carbocycles. The van der Waals surface area contributed by atoms with Crippen molar-refractivity contribution in [2.75, 3.05) is 9.67 Å². The molecule has 5 nitrogen and oxygen atoms in total. The third-order valence-electron chi connectivity index (χ3n) is 3.78. The Bertz CT molecular complexity index is 994. The van der Waals surface area contributed by atoms with Crippen LogP contribution in [0.25, 0.3) is 0 Å². The van der Waals surface area contributed by atoms with Gasteiger partial charge < -0.3 is 0 Å². The topological polar surface area (TPSA) is 63.2 Å². The van der Waals surface area contributed by atoms with E-state index in [9.17, 15) is 13.0 Å². The van der Waals surface area contributed by atoms with Gasteiger partial charge in [-0.2, -0.15) is 0 Å². The summed E-state index contributed by atoms with van der Waals surface area (Å²) in [5.74, 6) is -0.279. The Kier molecular flexibility index (Phi) is 4.95. The molecule has 0 spiro atoms. The normalized spacial score (nSPS) is 15.9. The third-order valence-corrected chi connectivity index (χ3v) is 9.22. The number of hydrogen-bond acceptors (Lipinski definition) is 6. The zero-order valence-electron chi connectivity index (χ0n) is 13.3. The van der Waals surface area contributed by atoms with Gasteiger partial charge in [0.05, 0.1) is 0 Å². The van der Waals surface area contributed by atoms with Crippen molar-refractivity contribution in [3.05, 3.63) is 65.5 Å². The second-order valence-electron chi connectivity index (χ2n) is 5.46. The summed E-state index contributed by atoms with van der Waals surface area (Å²) in [6.07, 6.45) is 0. The van der Waals surface area contributed by atoms with Gasteiger partial charge in [0.25, 0.3) is 0 Å². The van der Waals surface area contributed by atoms with Crippen LogP contribution in [-0.4, -0.2) is 35.8 Å². The first-order valence-corrected chi connectivity index (χ1v) is 11.8. The van der Waals surface area contributed by atoms with Gasteiger partial charge in [0.15, 0.2) is 0 Å². The minimum absolute atomic E-state index is 0.101. The van der Waals surface area contributed by atoms with Crippen molar-refractivity contribution < 1.29 is 13.0 Å². The summed E-state index contributed by atoms with van der Waals surface area (Å²) >= 11 is 0.270. The van der Waals surface area contributed by atoms with E-state index in [1.54, 1.807) is 3.92 Å². The first kappa shape index (κ1) is 17.5. The number of benzene rings is 2. The van der Waals surface area contributed by atoms with Crippen LogP contribution in [0.1, 0.15) is 15.9 Å². The van der Waals surface area contributed by atoms with Crippen LogP contribution in [0.15, 0.2) is 52.9 Å². The van der Waals surface area contributed by atoms with Crippen molar-refractivity contribution in [2.45, 2.75) is 10.9 Å². The van der Waals surface area contributed by atoms with E-state index in [0.717, 1.165) is 10.0 Å². The van der Waals surface area contributed by atoms with Crippen LogP contribution in [0.4, 0.5) is 9.52 Å². The molecular formula is C17H12FN3O2S2Se. The quantitative estimate of drug-likeness (QED) is 0.337. The SMILES string of the molecule is O=C(CSc1nnc(N2Cc3ccccc3[Se]2=O)s1)c1ccc(F)cc1. The molecule has 132 valence electrons. The van der Waals surface area contributed by atoms with Crippen molar-refractivity contribution >= 4 is 52.5 Å². The number of rotatable bonds is 5. The van der Waals surface area contributed by atoms with E-state index in [2.05, 4.69) is 10.2 Å². The minimum atomic E-state index is -2.34. The summed E-state index contributed by atoms with van der Waals surface area (Å²) in [6.45, 7) is 0.568. The molecule has 0 radical (unpaired) electrons. The molecule has 0 fully saturated rings. The number of anilines is 1. The number of hydrogen-bond donors (Lipinski definition) is 0. The first-order chi connectivity index (χ1) is 12.6. The molecule has 1 atom stereocenters. The van der Waals surface area contributed by atoms with E-state index in [1.165, 1.54) is 47.4 Å². The van der Waals surface area contributed by atoms with Crippen molar-refractivity contribution in [1.82, 2.24) is 10.2 Å². The number of Topliss-reactive ketones (excluding diaryl/α,β-unsaturated/α-hetero) is 1. The number of carbonyl (C=O) groups excluding carboxylic acids is 1. The summed E-state index contributed by atoms with van der Waals surface area (Å²) in [7, 11) is 0. The van der Waals surface area contributed by atoms with E-state index in [4.69, 9.17) is 0 Å². The number of ketones is 1. The molecule has 2 heterocycles. The fourth-order valence-corrected chi connectivity index (χ4v) is 7.28. The summed E-state index contributed by atoms with van der Waals surface area (Å²) in [4.78, 5) is 12.2. The van der Waals surface area contributed by atoms with E-state index < -0.39 is 14.1 Å². The first-order valence-electron chi connectivity index (χ1n) is 7.64. The van der Waals surface area contributed by atoms with E-state index in [-0.39, 0.29) is 17.4 Å². The molecule has 0 aliphatic carbocycles. The number of thioether (sulfide) groups is 1. The number of halogens is 1. The fourth-order valence-electron chi connectivity index (χ4n) is 2.48. The Balaban J connectivity index is 1.42. The van der Waals surface area contributed by atoms with Crippen molar-refractivity contribution in [2.24, 2.45) is 0 Å². The van der Waals surface area contributed by atoms with E-state index in [1.807, 2.05) is 24.3 Å². The Morgan fingerprint density at radius 1 is 1.19 bits per heavy atom. The van der Waals surface area contributed by atoms with Crippen LogP contribution in [-0.2, 0) is 10.4 Å². The van der Waals surface area contributed by atoms with Gasteiger partial charge in [0, 0.05) is 0 Å². The second kappa shape index (κ2) is 7.36. The van der Waals surface area contributed by atoms with Crippen LogP contribution in [0.3, 0.4) is 0 Å². The zero-order valence-corrected chi connectivity index (χ0v) is 16.6. The van der Waals surface area contributed by atoms with Crippen LogP contribution >= 0.6 is 23.1 Å². The van der Waals surface area contributed by atoms with Crippen LogP contribution in [0, 0.1) is 5.82 Å². The molecule has 1 unspecified atom stereocenters. The molecule has 0 saturated heterocycles. The molecular weight excluding hydrogens is 440 g/mol. The average Bonchev–Trinajstić information content (AvgIpc) is 3.25. The molecule has 1 aliphatic heterocycles. The zero-order chi connectivity index (χ0) is 18.1. The number of aromatic nitrogens is 2. The van der Waals surface area contributed by atoms with Gasteiger partial charge in [-0.15, -0.1) is 0 Å². The Labute approximate surface area is 161 Å². The van der Waals surface area contributed by atoms with Gasteiger partial charge in [-0.1, -0.05) is 0 Å². The van der Waals surface area contributed by atoms with Crippen LogP contribution < -0.4 is 8.38 Å². The maximum absolute atomic E-state index is 12.9. The molecule has 26 heavy (non-hydrogen) atoms. The fraction of sp³-hybridized carbons (Fsp3) is 0.118. The molecule has 2 aromatic carbocycles. The summed E-state index contributed by atoms with van der Waals surface area (Å²) in [5, 5.41) is 8.84. The standard InChI is InChI=1S/C17H12FN3O2S2Se/c18-13-7-5-11(6-8-13)14(22)10-24-17-20-19-16(25-17)21-9-12-3-1-2-4-15(12)26(21)23/h1-8H,9-10H2. The van der Waals surface area contributed by atoms with Crippen molar-refractivity contribution in [1.29, 1.82) is 0 Å². The monoisotopic (exact) mass is 453 g/mol. The number of fused-ring (bicyclic) bond motifs is 1. The predicted octanol–water partition coefficient (Wildman–Crippen LogP) is 2.80. The molecule has 4 rings (SSSR count). The summed E-state index contributed by atoms with van der Waals surface area (Å²) in [6, 6.07) is 13.2. The Hall–Kier alpha value is -1.93. The van der Waals surface area contributed by atoms with Gasteiger partial charge >= 0.3 is 162 Å². The molecule has 0 N–H and O–H groups in total. The molecule has 0 amide bonds. The van der Waals surface area contributed by atoms with Gasteiger partial charge in [0.2, 0.25) is 0 Å². The van der Waals surface area contributed by atoms with Gasteiger partial charge in [0.1, 0.15) is 0 Å². The van der Waals surface area contributed by atoms with Crippen LogP contribution in [0.2, 0.25) is 0 Å². The van der Waals surface area contributed by atoms with Gasteiger partial charge in [-0.05, 0) is 0 Å². The molecule has 0 bridgehead atoms. The van der Waals surface area contributed by atoms with Gasteiger partial charge in [-0.3, -0.25) is 0 Å². The van der Waals surface area contributed by atoms with Gasteiger partial charge in [-0.25, -0.2) is 0 Å². The molecule has 9 heteroatoms. The second-order valence-corrected chi connectivity index (χ2v) is 10.5. The van der Waals surface area contributed by atoms with E-state index in [0.29, 0.717) is 21.6 Å². The summed E-state index contributed by atoms with van der Waals surface area (Å²) < 4.78 is 28.9. The maximum atomic E-state index is 12.9. The number of nitrogens with zero attached hydrogens (tertiary/aromatic N) is 3. The Morgan fingerprint density at radius 2 is 1.96 bits per heavy atom. The molecule has 3 aromatic rings. The Morgan fingerprint density at radius 3 is 2.73 bits per heavy atom. The van der Waals surface area contributed by atoms with E-state index >= 15 is 0 Å². The van der Waals surface area contributed by atoms with Crippen molar-refractivity contribution in [3.63, 3.8) is 0 Å². The van der Waals surface area contributed by atoms with Crippen molar-refractivity contribution in [3.8, 4) is 0 Å². The number of carbonyl (C=O) groups is 1. The molecule has 1 aliphatic rings.